The Labute approximate surface area is 184 Å². The number of aliphatic hydroxyl groups is 1. The highest BCUT2D eigenvalue weighted by atomic mass is 19.3. The Balaban J connectivity index is 1.97. The molecule has 0 fully saturated rings. The first-order valence-corrected chi connectivity index (χ1v) is 10.1. The van der Waals surface area contributed by atoms with Crippen LogP contribution in [-0.2, 0) is 17.1 Å². The van der Waals surface area contributed by atoms with Crippen molar-refractivity contribution < 1.29 is 28.1 Å². The van der Waals surface area contributed by atoms with Gasteiger partial charge in [0, 0.05) is 41.8 Å². The van der Waals surface area contributed by atoms with Gasteiger partial charge >= 0.3 is 5.92 Å². The number of nitrogens with two attached hydrogens (primary N) is 1. The number of rotatable bonds is 6. The summed E-state index contributed by atoms with van der Waals surface area (Å²) in [6.45, 7) is 3.52. The first kappa shape index (κ1) is 22.2. The van der Waals surface area contributed by atoms with Gasteiger partial charge in [0.25, 0.3) is 0 Å². The number of benzene rings is 2. The summed E-state index contributed by atoms with van der Waals surface area (Å²) in [4.78, 5) is 9.05. The van der Waals surface area contributed by atoms with Crippen molar-refractivity contribution in [2.75, 3.05) is 33.2 Å². The van der Waals surface area contributed by atoms with Crippen LogP contribution in [0.25, 0.3) is 22.2 Å². The summed E-state index contributed by atoms with van der Waals surface area (Å²) >= 11 is 0. The lowest BCUT2D eigenvalue weighted by atomic mass is 9.96. The van der Waals surface area contributed by atoms with E-state index >= 15 is 0 Å². The van der Waals surface area contributed by atoms with Crippen molar-refractivity contribution in [2.24, 2.45) is 0 Å². The number of methoxy groups -OCH3 is 2. The molecule has 1 aliphatic carbocycles. The van der Waals surface area contributed by atoms with Crippen molar-refractivity contribution in [3.63, 3.8) is 0 Å². The lowest BCUT2D eigenvalue weighted by Crippen LogP contribution is -2.39. The Bertz CT molecular complexity index is 1200. The van der Waals surface area contributed by atoms with Crippen molar-refractivity contribution in [3.05, 3.63) is 41.2 Å². The molecule has 3 aromatic rings. The first-order valence-electron chi connectivity index (χ1n) is 10.1. The van der Waals surface area contributed by atoms with Crippen LogP contribution < -0.4 is 15.2 Å². The maximum Gasteiger partial charge on any atom is 0.301 e. The van der Waals surface area contributed by atoms with Gasteiger partial charge in [0.15, 0.2) is 11.5 Å². The first-order chi connectivity index (χ1) is 15.1. The largest absolute Gasteiger partial charge is 0.493 e. The quantitative estimate of drug-likeness (QED) is 0.442. The second-order valence-electron chi connectivity index (χ2n) is 8.10. The molecule has 0 saturated heterocycles. The number of aromatic nitrogens is 2. The fraction of sp³-hybridized carbons (Fsp3) is 0.391. The lowest BCUT2D eigenvalue weighted by molar-refractivity contribution is -0.165. The molecule has 32 heavy (non-hydrogen) atoms. The van der Waals surface area contributed by atoms with Crippen LogP contribution in [0.3, 0.4) is 0 Å². The highest BCUT2D eigenvalue weighted by Gasteiger charge is 2.57. The molecule has 0 radical (unpaired) electrons. The highest BCUT2D eigenvalue weighted by molar-refractivity contribution is 5.96. The predicted octanol–water partition coefficient (Wildman–Crippen LogP) is 3.62. The van der Waals surface area contributed by atoms with E-state index in [-0.39, 0.29) is 17.7 Å². The van der Waals surface area contributed by atoms with Crippen LogP contribution in [0.1, 0.15) is 23.9 Å². The van der Waals surface area contributed by atoms with E-state index in [0.29, 0.717) is 58.3 Å². The molecule has 1 heterocycles. The minimum absolute atomic E-state index is 0.158. The third kappa shape index (κ3) is 3.51. The Morgan fingerprint density at radius 2 is 1.84 bits per heavy atom. The topological polar surface area (TPSA) is 99.7 Å². The van der Waals surface area contributed by atoms with Gasteiger partial charge in [-0.2, -0.15) is 8.78 Å². The van der Waals surface area contributed by atoms with Crippen LogP contribution in [-0.4, -0.2) is 48.1 Å². The normalized spacial score (nSPS) is 19.2. The number of anilines is 1. The number of fused-ring (bicyclic) bond motifs is 2. The summed E-state index contributed by atoms with van der Waals surface area (Å²) in [6.07, 6.45) is -0.233. The molecule has 1 unspecified atom stereocenters. The van der Waals surface area contributed by atoms with Crippen molar-refractivity contribution in [3.8, 4) is 22.8 Å². The summed E-state index contributed by atoms with van der Waals surface area (Å²) < 4.78 is 46.1. The summed E-state index contributed by atoms with van der Waals surface area (Å²) in [6, 6.07) is 6.26. The molecule has 3 N–H and O–H groups in total. The van der Waals surface area contributed by atoms with Gasteiger partial charge < -0.3 is 25.1 Å². The molecule has 9 heteroatoms. The maximum absolute atomic E-state index is 14.9. The Morgan fingerprint density at radius 1 is 1.09 bits per heavy atom. The standard InChI is InChI=1S/C23H25F2N3O4/c1-12-27-18-10-19(31-4)20(32-6-5-30-3)9-15(18)21(28-12)14-7-13(26)8-17-16(14)11-22(2,29)23(17,24)25/h7-10,29H,5-6,11,26H2,1-4H3. The fourth-order valence-corrected chi connectivity index (χ4v) is 4.09. The molecular formula is C23H25F2N3O4. The van der Waals surface area contributed by atoms with E-state index in [4.69, 9.17) is 19.9 Å². The van der Waals surface area contributed by atoms with Gasteiger partial charge in [-0.15, -0.1) is 0 Å². The molecule has 1 atom stereocenters. The number of aryl methyl sites for hydroxylation is 1. The van der Waals surface area contributed by atoms with E-state index in [1.165, 1.54) is 13.2 Å². The van der Waals surface area contributed by atoms with E-state index in [0.717, 1.165) is 6.92 Å². The van der Waals surface area contributed by atoms with Crippen LogP contribution >= 0.6 is 0 Å². The summed E-state index contributed by atoms with van der Waals surface area (Å²) in [5, 5.41) is 11.0. The van der Waals surface area contributed by atoms with Crippen molar-refractivity contribution in [2.45, 2.75) is 31.8 Å². The molecule has 4 rings (SSSR count). The molecule has 1 aromatic heterocycles. The zero-order chi connectivity index (χ0) is 23.3. The molecule has 0 aliphatic heterocycles. The van der Waals surface area contributed by atoms with E-state index in [9.17, 15) is 13.9 Å². The van der Waals surface area contributed by atoms with Crippen LogP contribution in [0.4, 0.5) is 14.5 Å². The third-order valence-corrected chi connectivity index (χ3v) is 5.70. The summed E-state index contributed by atoms with van der Waals surface area (Å²) in [7, 11) is 3.09. The van der Waals surface area contributed by atoms with Gasteiger partial charge in [-0.25, -0.2) is 9.97 Å². The Kier molecular flexibility index (Phi) is 5.42. The molecule has 0 amide bonds. The average molecular weight is 445 g/mol. The average Bonchev–Trinajstić information content (AvgIpc) is 2.91. The Hall–Kier alpha value is -3.04. The number of halogens is 2. The predicted molar refractivity (Wildman–Crippen MR) is 116 cm³/mol. The van der Waals surface area contributed by atoms with Gasteiger partial charge in [0.1, 0.15) is 18.0 Å². The summed E-state index contributed by atoms with van der Waals surface area (Å²) in [5.74, 6) is -2.06. The lowest BCUT2D eigenvalue weighted by Gasteiger charge is -2.25. The van der Waals surface area contributed by atoms with Gasteiger partial charge in [0.05, 0.1) is 24.9 Å². The minimum Gasteiger partial charge on any atom is -0.493 e. The number of nitrogen functional groups attached to an aromatic ring is 1. The minimum atomic E-state index is -3.44. The molecule has 2 aromatic carbocycles. The number of nitrogens with zero attached hydrogens (tertiary/aromatic N) is 2. The monoisotopic (exact) mass is 445 g/mol. The van der Waals surface area contributed by atoms with E-state index in [1.807, 2.05) is 0 Å². The van der Waals surface area contributed by atoms with E-state index in [2.05, 4.69) is 9.97 Å². The number of hydrogen-bond donors (Lipinski definition) is 2. The van der Waals surface area contributed by atoms with Crippen LogP contribution in [0, 0.1) is 6.92 Å². The van der Waals surface area contributed by atoms with Crippen LogP contribution in [0.2, 0.25) is 0 Å². The number of alkyl halides is 2. The van der Waals surface area contributed by atoms with Crippen molar-refractivity contribution in [1.82, 2.24) is 9.97 Å². The molecule has 0 saturated carbocycles. The molecule has 7 nitrogen and oxygen atoms in total. The zero-order valence-corrected chi connectivity index (χ0v) is 18.3. The molecule has 170 valence electrons. The van der Waals surface area contributed by atoms with Gasteiger partial charge in [0.2, 0.25) is 0 Å². The molecular weight excluding hydrogens is 420 g/mol. The molecule has 0 bridgehead atoms. The zero-order valence-electron chi connectivity index (χ0n) is 18.3. The van der Waals surface area contributed by atoms with E-state index < -0.39 is 11.5 Å². The van der Waals surface area contributed by atoms with Gasteiger partial charge in [-0.3, -0.25) is 0 Å². The number of ether oxygens (including phenoxy) is 3. The second-order valence-corrected chi connectivity index (χ2v) is 8.10. The highest BCUT2D eigenvalue weighted by Crippen LogP contribution is 2.52. The van der Waals surface area contributed by atoms with Gasteiger partial charge in [-0.05, 0) is 37.6 Å². The maximum atomic E-state index is 14.9. The molecule has 0 spiro atoms. The summed E-state index contributed by atoms with van der Waals surface area (Å²) in [5.41, 5.74) is 5.39. The van der Waals surface area contributed by atoms with Gasteiger partial charge in [-0.1, -0.05) is 0 Å². The SMILES string of the molecule is COCCOc1cc2c(-c3cc(N)cc4c3CC(C)(O)C4(F)F)nc(C)nc2cc1OC. The fourth-order valence-electron chi connectivity index (χ4n) is 4.09. The van der Waals surface area contributed by atoms with E-state index in [1.54, 1.807) is 32.2 Å². The molecule has 1 aliphatic rings. The second kappa shape index (κ2) is 7.83. The number of hydrogen-bond acceptors (Lipinski definition) is 7. The smallest absolute Gasteiger partial charge is 0.301 e. The van der Waals surface area contributed by atoms with Crippen LogP contribution in [0.15, 0.2) is 24.3 Å². The van der Waals surface area contributed by atoms with Crippen LogP contribution in [0.5, 0.6) is 11.5 Å². The third-order valence-electron chi connectivity index (χ3n) is 5.70. The Morgan fingerprint density at radius 3 is 2.53 bits per heavy atom. The van der Waals surface area contributed by atoms with Crippen molar-refractivity contribution >= 4 is 16.6 Å². The van der Waals surface area contributed by atoms with Crippen molar-refractivity contribution in [1.29, 1.82) is 0 Å².